The van der Waals surface area contributed by atoms with Crippen molar-refractivity contribution in [2.24, 2.45) is 5.41 Å². The van der Waals surface area contributed by atoms with Crippen molar-refractivity contribution in [1.82, 2.24) is 0 Å². The molecule has 78 valence electrons. The normalized spacial score (nSPS) is 37.7. The summed E-state index contributed by atoms with van der Waals surface area (Å²) in [5.41, 5.74) is 1.47. The fourth-order valence-electron chi connectivity index (χ4n) is 2.87. The standard InChI is InChI=1S/C12H18O2/c1-12-7-6-10(13)8-9(12)4-3-5-11(12)14-2/h8,11H,3-7H2,1-2H3/t11-,12-/m1/s1. The Kier molecular flexibility index (Phi) is 2.48. The zero-order valence-corrected chi connectivity index (χ0v) is 9.01. The molecule has 0 radical (unpaired) electrons. The molecule has 2 aliphatic carbocycles. The number of ketones is 1. The summed E-state index contributed by atoms with van der Waals surface area (Å²) in [6, 6.07) is 0. The number of hydrogen-bond donors (Lipinski definition) is 0. The van der Waals surface area contributed by atoms with Crippen molar-refractivity contribution in [3.63, 3.8) is 0 Å². The van der Waals surface area contributed by atoms with E-state index in [1.165, 1.54) is 5.57 Å². The van der Waals surface area contributed by atoms with Crippen LogP contribution >= 0.6 is 0 Å². The van der Waals surface area contributed by atoms with E-state index in [2.05, 4.69) is 6.92 Å². The molecule has 14 heavy (non-hydrogen) atoms. The van der Waals surface area contributed by atoms with E-state index < -0.39 is 0 Å². The number of carbonyl (C=O) groups excluding carboxylic acids is 1. The zero-order chi connectivity index (χ0) is 10.2. The Morgan fingerprint density at radius 2 is 2.29 bits per heavy atom. The average Bonchev–Trinajstić information content (AvgIpc) is 2.18. The summed E-state index contributed by atoms with van der Waals surface area (Å²) in [5, 5.41) is 0. The van der Waals surface area contributed by atoms with Crippen LogP contribution in [-0.2, 0) is 9.53 Å². The molecule has 0 aromatic rings. The monoisotopic (exact) mass is 194 g/mol. The van der Waals surface area contributed by atoms with E-state index in [9.17, 15) is 4.79 Å². The van der Waals surface area contributed by atoms with Crippen molar-refractivity contribution >= 4 is 5.78 Å². The van der Waals surface area contributed by atoms with E-state index in [1.807, 2.05) is 6.08 Å². The van der Waals surface area contributed by atoms with Gasteiger partial charge < -0.3 is 4.74 Å². The van der Waals surface area contributed by atoms with E-state index in [0.717, 1.165) is 25.7 Å². The number of ether oxygens (including phenoxy) is 1. The van der Waals surface area contributed by atoms with Gasteiger partial charge in [0.1, 0.15) is 0 Å². The quantitative estimate of drug-likeness (QED) is 0.641. The molecule has 0 aliphatic heterocycles. The van der Waals surface area contributed by atoms with Crippen molar-refractivity contribution in [3.05, 3.63) is 11.6 Å². The molecule has 0 aromatic carbocycles. The molecule has 2 heteroatoms. The van der Waals surface area contributed by atoms with Crippen LogP contribution in [0.1, 0.15) is 39.0 Å². The first kappa shape index (κ1) is 9.91. The topological polar surface area (TPSA) is 26.3 Å². The van der Waals surface area contributed by atoms with E-state index in [1.54, 1.807) is 7.11 Å². The highest BCUT2D eigenvalue weighted by Crippen LogP contribution is 2.47. The van der Waals surface area contributed by atoms with Gasteiger partial charge in [-0.05, 0) is 31.8 Å². The Morgan fingerprint density at radius 3 is 3.00 bits per heavy atom. The number of carbonyl (C=O) groups is 1. The zero-order valence-electron chi connectivity index (χ0n) is 9.01. The number of rotatable bonds is 1. The molecule has 0 bridgehead atoms. The lowest BCUT2D eigenvalue weighted by molar-refractivity contribution is -0.117. The predicted octanol–water partition coefficient (Wildman–Crippen LogP) is 2.48. The summed E-state index contributed by atoms with van der Waals surface area (Å²) < 4.78 is 5.55. The molecule has 0 spiro atoms. The Labute approximate surface area is 85.3 Å². The van der Waals surface area contributed by atoms with Gasteiger partial charge in [-0.3, -0.25) is 4.79 Å². The average molecular weight is 194 g/mol. The molecule has 0 amide bonds. The maximum Gasteiger partial charge on any atom is 0.155 e. The molecular weight excluding hydrogens is 176 g/mol. The molecule has 2 aliphatic rings. The number of hydrogen-bond acceptors (Lipinski definition) is 2. The highest BCUT2D eigenvalue weighted by atomic mass is 16.5. The van der Waals surface area contributed by atoms with Crippen molar-refractivity contribution < 1.29 is 9.53 Å². The van der Waals surface area contributed by atoms with Crippen LogP contribution < -0.4 is 0 Å². The van der Waals surface area contributed by atoms with Crippen LogP contribution in [0.3, 0.4) is 0 Å². The number of fused-ring (bicyclic) bond motifs is 1. The van der Waals surface area contributed by atoms with Crippen LogP contribution in [0.4, 0.5) is 0 Å². The molecule has 2 rings (SSSR count). The van der Waals surface area contributed by atoms with Gasteiger partial charge in [-0.2, -0.15) is 0 Å². The lowest BCUT2D eigenvalue weighted by atomic mass is 9.64. The van der Waals surface area contributed by atoms with Gasteiger partial charge in [-0.25, -0.2) is 0 Å². The first-order valence-electron chi connectivity index (χ1n) is 5.43. The molecule has 2 atom stereocenters. The van der Waals surface area contributed by atoms with Crippen LogP contribution in [-0.4, -0.2) is 19.0 Å². The molecule has 0 unspecified atom stereocenters. The summed E-state index contributed by atoms with van der Waals surface area (Å²) in [6.45, 7) is 2.25. The fraction of sp³-hybridized carbons (Fsp3) is 0.750. The van der Waals surface area contributed by atoms with Gasteiger partial charge in [-0.15, -0.1) is 0 Å². The smallest absolute Gasteiger partial charge is 0.155 e. The molecule has 0 heterocycles. The minimum atomic E-state index is 0.140. The third-order valence-electron chi connectivity index (χ3n) is 3.87. The second-order valence-corrected chi connectivity index (χ2v) is 4.67. The molecule has 2 nitrogen and oxygen atoms in total. The molecule has 0 N–H and O–H groups in total. The SMILES string of the molecule is CO[C@@H]1CCCC2=CC(=O)CC[C@]21C. The summed E-state index contributed by atoms with van der Waals surface area (Å²) in [6.07, 6.45) is 7.23. The van der Waals surface area contributed by atoms with Gasteiger partial charge in [0, 0.05) is 18.9 Å². The first-order chi connectivity index (χ1) is 6.66. The van der Waals surface area contributed by atoms with Gasteiger partial charge >= 0.3 is 0 Å². The number of allylic oxidation sites excluding steroid dienone is 1. The van der Waals surface area contributed by atoms with E-state index in [4.69, 9.17) is 4.74 Å². The van der Waals surface area contributed by atoms with Crippen molar-refractivity contribution in [2.45, 2.75) is 45.1 Å². The van der Waals surface area contributed by atoms with E-state index in [-0.39, 0.29) is 5.41 Å². The molecule has 0 saturated heterocycles. The van der Waals surface area contributed by atoms with Gasteiger partial charge in [0.15, 0.2) is 5.78 Å². The summed E-state index contributed by atoms with van der Waals surface area (Å²) in [7, 11) is 1.79. The Morgan fingerprint density at radius 1 is 1.50 bits per heavy atom. The van der Waals surface area contributed by atoms with Crippen LogP contribution in [0.25, 0.3) is 0 Å². The summed E-state index contributed by atoms with van der Waals surface area (Å²) >= 11 is 0. The third-order valence-corrected chi connectivity index (χ3v) is 3.87. The lowest BCUT2D eigenvalue weighted by Crippen LogP contribution is -2.41. The maximum absolute atomic E-state index is 11.3. The minimum absolute atomic E-state index is 0.140. The Balaban J connectivity index is 2.31. The first-order valence-corrected chi connectivity index (χ1v) is 5.43. The highest BCUT2D eigenvalue weighted by molar-refractivity contribution is 5.91. The van der Waals surface area contributed by atoms with Crippen molar-refractivity contribution in [1.29, 1.82) is 0 Å². The van der Waals surface area contributed by atoms with E-state index in [0.29, 0.717) is 18.3 Å². The second kappa shape index (κ2) is 3.50. The second-order valence-electron chi connectivity index (χ2n) is 4.67. The van der Waals surface area contributed by atoms with Crippen molar-refractivity contribution in [2.75, 3.05) is 7.11 Å². The molecule has 1 saturated carbocycles. The van der Waals surface area contributed by atoms with E-state index >= 15 is 0 Å². The van der Waals surface area contributed by atoms with Gasteiger partial charge in [0.05, 0.1) is 6.10 Å². The van der Waals surface area contributed by atoms with Gasteiger partial charge in [0.25, 0.3) is 0 Å². The lowest BCUT2D eigenvalue weighted by Gasteiger charge is -2.44. The largest absolute Gasteiger partial charge is 0.381 e. The van der Waals surface area contributed by atoms with Crippen LogP contribution in [0.2, 0.25) is 0 Å². The highest BCUT2D eigenvalue weighted by Gasteiger charge is 2.42. The molecular formula is C12H18O2. The Hall–Kier alpha value is -0.630. The molecule has 0 aromatic heterocycles. The van der Waals surface area contributed by atoms with Crippen LogP contribution in [0.5, 0.6) is 0 Å². The summed E-state index contributed by atoms with van der Waals surface area (Å²) in [5.74, 6) is 0.300. The predicted molar refractivity (Wildman–Crippen MR) is 55.1 cm³/mol. The van der Waals surface area contributed by atoms with Gasteiger partial charge in [-0.1, -0.05) is 12.5 Å². The Bertz CT molecular complexity index is 280. The third kappa shape index (κ3) is 1.42. The van der Waals surface area contributed by atoms with Crippen LogP contribution in [0.15, 0.2) is 11.6 Å². The van der Waals surface area contributed by atoms with Crippen molar-refractivity contribution in [3.8, 4) is 0 Å². The number of methoxy groups -OCH3 is 1. The summed E-state index contributed by atoms with van der Waals surface area (Å²) in [4.78, 5) is 11.3. The minimum Gasteiger partial charge on any atom is -0.381 e. The molecule has 1 fully saturated rings. The van der Waals surface area contributed by atoms with Gasteiger partial charge in [0.2, 0.25) is 0 Å². The maximum atomic E-state index is 11.3. The fourth-order valence-corrected chi connectivity index (χ4v) is 2.87. The van der Waals surface area contributed by atoms with Crippen LogP contribution in [0, 0.1) is 5.41 Å².